The third kappa shape index (κ3) is 1.73. The molecule has 94 valence electrons. The van der Waals surface area contributed by atoms with E-state index in [1.54, 1.807) is 6.07 Å². The Morgan fingerprint density at radius 3 is 2.61 bits per heavy atom. The number of benzene rings is 1. The van der Waals surface area contributed by atoms with Crippen LogP contribution < -0.4 is 5.56 Å². The number of hydrogen-bond donors (Lipinski definition) is 2. The van der Waals surface area contributed by atoms with Crippen molar-refractivity contribution in [2.24, 2.45) is 0 Å². The first kappa shape index (κ1) is 12.2. The summed E-state index contributed by atoms with van der Waals surface area (Å²) < 4.78 is 4.49. The van der Waals surface area contributed by atoms with Crippen LogP contribution in [0.5, 0.6) is 5.75 Å². The first-order valence-electron chi connectivity index (χ1n) is 5.40. The Morgan fingerprint density at radius 1 is 1.33 bits per heavy atom. The van der Waals surface area contributed by atoms with Crippen molar-refractivity contribution >= 4 is 16.9 Å². The molecule has 0 unspecified atom stereocenters. The van der Waals surface area contributed by atoms with Crippen LogP contribution in [0.2, 0.25) is 0 Å². The second-order valence-corrected chi connectivity index (χ2v) is 4.17. The van der Waals surface area contributed by atoms with Crippen molar-refractivity contribution in [2.75, 3.05) is 7.11 Å². The number of aromatic amines is 1. The maximum absolute atomic E-state index is 11.8. The number of carbonyl (C=O) groups excluding carboxylic acids is 1. The zero-order chi connectivity index (χ0) is 13.4. The van der Waals surface area contributed by atoms with Gasteiger partial charge in [-0.25, -0.2) is 4.79 Å². The number of carbonyl (C=O) groups is 1. The Hall–Kier alpha value is -2.30. The van der Waals surface area contributed by atoms with Crippen molar-refractivity contribution in [2.45, 2.75) is 13.8 Å². The molecule has 0 atom stereocenters. The number of hydrogen-bond acceptors (Lipinski definition) is 4. The average Bonchev–Trinajstić information content (AvgIpc) is 2.30. The first-order valence-corrected chi connectivity index (χ1v) is 5.40. The summed E-state index contributed by atoms with van der Waals surface area (Å²) in [5, 5.41) is 10.5. The number of aryl methyl sites for hydroxylation is 2. The highest BCUT2D eigenvalue weighted by Gasteiger charge is 2.20. The summed E-state index contributed by atoms with van der Waals surface area (Å²) >= 11 is 0. The Labute approximate surface area is 103 Å². The monoisotopic (exact) mass is 247 g/mol. The minimum atomic E-state index is -0.852. The molecule has 0 aliphatic carbocycles. The van der Waals surface area contributed by atoms with Gasteiger partial charge in [0.1, 0.15) is 5.75 Å². The lowest BCUT2D eigenvalue weighted by Gasteiger charge is -2.09. The van der Waals surface area contributed by atoms with Gasteiger partial charge in [0.2, 0.25) is 0 Å². The second-order valence-electron chi connectivity index (χ2n) is 4.17. The van der Waals surface area contributed by atoms with Gasteiger partial charge in [0.15, 0.2) is 5.56 Å². The fraction of sp³-hybridized carbons (Fsp3) is 0.231. The first-order chi connectivity index (χ1) is 8.45. The van der Waals surface area contributed by atoms with Crippen LogP contribution in [0, 0.1) is 13.8 Å². The van der Waals surface area contributed by atoms with Crippen LogP contribution in [0.25, 0.3) is 10.9 Å². The lowest BCUT2D eigenvalue weighted by molar-refractivity contribution is 0.0595. The van der Waals surface area contributed by atoms with Crippen molar-refractivity contribution in [1.82, 2.24) is 4.98 Å². The van der Waals surface area contributed by atoms with Crippen LogP contribution in [0.4, 0.5) is 0 Å². The molecule has 0 amide bonds. The maximum Gasteiger partial charge on any atom is 0.347 e. The van der Waals surface area contributed by atoms with Gasteiger partial charge in [-0.05, 0) is 31.0 Å². The van der Waals surface area contributed by atoms with Gasteiger partial charge in [-0.1, -0.05) is 6.07 Å². The predicted octanol–water partition coefficient (Wildman–Crippen LogP) is 1.64. The van der Waals surface area contributed by atoms with E-state index < -0.39 is 11.5 Å². The second kappa shape index (κ2) is 4.18. The molecule has 0 aliphatic rings. The van der Waals surface area contributed by atoms with Crippen LogP contribution in [0.15, 0.2) is 16.9 Å². The molecule has 0 bridgehead atoms. The Balaban J connectivity index is 2.94. The molecule has 2 N–H and O–H groups in total. The zero-order valence-corrected chi connectivity index (χ0v) is 10.3. The Kier molecular flexibility index (Phi) is 2.82. The molecule has 2 rings (SSSR count). The number of methoxy groups -OCH3 is 1. The molecule has 0 saturated heterocycles. The van der Waals surface area contributed by atoms with E-state index in [2.05, 4.69) is 9.72 Å². The molecule has 0 radical (unpaired) electrons. The molecule has 0 fully saturated rings. The molecule has 0 spiro atoms. The lowest BCUT2D eigenvalue weighted by Crippen LogP contribution is -2.19. The molecule has 0 saturated carbocycles. The molecular weight excluding hydrogens is 234 g/mol. The molecule has 1 aromatic carbocycles. The highest BCUT2D eigenvalue weighted by Crippen LogP contribution is 2.28. The highest BCUT2D eigenvalue weighted by atomic mass is 16.5. The molecule has 18 heavy (non-hydrogen) atoms. The topological polar surface area (TPSA) is 79.4 Å². The van der Waals surface area contributed by atoms with Gasteiger partial charge in [-0.15, -0.1) is 0 Å². The lowest BCUT2D eigenvalue weighted by atomic mass is 10.0. The Morgan fingerprint density at radius 2 is 2.00 bits per heavy atom. The van der Waals surface area contributed by atoms with Crippen LogP contribution in [-0.4, -0.2) is 23.2 Å². The number of aromatic nitrogens is 1. The van der Waals surface area contributed by atoms with Crippen LogP contribution in [-0.2, 0) is 4.74 Å². The third-order valence-corrected chi connectivity index (χ3v) is 2.83. The number of pyridine rings is 1. The average molecular weight is 247 g/mol. The summed E-state index contributed by atoms with van der Waals surface area (Å²) in [4.78, 5) is 25.8. The van der Waals surface area contributed by atoms with E-state index in [1.165, 1.54) is 0 Å². The smallest absolute Gasteiger partial charge is 0.347 e. The minimum absolute atomic E-state index is 0.340. The number of aromatic hydroxyl groups is 1. The third-order valence-electron chi connectivity index (χ3n) is 2.83. The molecule has 0 aliphatic heterocycles. The summed E-state index contributed by atoms with van der Waals surface area (Å²) in [6.07, 6.45) is 0. The molecule has 2 aromatic rings. The summed E-state index contributed by atoms with van der Waals surface area (Å²) in [6, 6.07) is 3.59. The van der Waals surface area contributed by atoms with Gasteiger partial charge in [0.25, 0.3) is 5.56 Å². The molecule has 1 aromatic heterocycles. The standard InChI is InChI=1S/C13H13NO4/c1-6-4-7(2)10-8(5-6)11(15)9(12(16)14-10)13(17)18-3/h4-5H,1-3H3,(H2,14,15,16). The van der Waals surface area contributed by atoms with E-state index in [4.69, 9.17) is 0 Å². The normalized spacial score (nSPS) is 10.6. The number of esters is 1. The van der Waals surface area contributed by atoms with Crippen molar-refractivity contribution in [3.63, 3.8) is 0 Å². The summed E-state index contributed by atoms with van der Waals surface area (Å²) in [5.74, 6) is -1.19. The SMILES string of the molecule is COC(=O)c1c(O)c2cc(C)cc(C)c2[nH]c1=O. The van der Waals surface area contributed by atoms with Gasteiger partial charge in [-0.3, -0.25) is 4.79 Å². The number of nitrogens with one attached hydrogen (secondary N) is 1. The highest BCUT2D eigenvalue weighted by molar-refractivity contribution is 6.00. The Bertz CT molecular complexity index is 700. The van der Waals surface area contributed by atoms with Crippen LogP contribution in [0.3, 0.4) is 0 Å². The largest absolute Gasteiger partial charge is 0.506 e. The maximum atomic E-state index is 11.8. The van der Waals surface area contributed by atoms with E-state index in [9.17, 15) is 14.7 Å². The molecule has 5 heteroatoms. The minimum Gasteiger partial charge on any atom is -0.506 e. The van der Waals surface area contributed by atoms with E-state index in [1.807, 2.05) is 19.9 Å². The van der Waals surface area contributed by atoms with Crippen molar-refractivity contribution < 1.29 is 14.6 Å². The molecular formula is C13H13NO4. The summed E-state index contributed by atoms with van der Waals surface area (Å²) in [5.41, 5.74) is 1.26. The van der Waals surface area contributed by atoms with Gasteiger partial charge in [-0.2, -0.15) is 0 Å². The predicted molar refractivity (Wildman–Crippen MR) is 67.0 cm³/mol. The fourth-order valence-electron chi connectivity index (χ4n) is 2.03. The number of fused-ring (bicyclic) bond motifs is 1. The molecule has 1 heterocycles. The quantitative estimate of drug-likeness (QED) is 0.751. The van der Waals surface area contributed by atoms with Crippen molar-refractivity contribution in [3.8, 4) is 5.75 Å². The molecule has 5 nitrogen and oxygen atoms in total. The summed E-state index contributed by atoms with van der Waals surface area (Å²) in [6.45, 7) is 3.69. The number of ether oxygens (including phenoxy) is 1. The summed E-state index contributed by atoms with van der Waals surface area (Å²) in [7, 11) is 1.16. The number of H-pyrrole nitrogens is 1. The van der Waals surface area contributed by atoms with Crippen molar-refractivity contribution in [1.29, 1.82) is 0 Å². The van der Waals surface area contributed by atoms with Gasteiger partial charge >= 0.3 is 5.97 Å². The van der Waals surface area contributed by atoms with E-state index in [-0.39, 0.29) is 11.3 Å². The van der Waals surface area contributed by atoms with Crippen LogP contribution >= 0.6 is 0 Å². The zero-order valence-electron chi connectivity index (χ0n) is 10.3. The van der Waals surface area contributed by atoms with Gasteiger partial charge in [0, 0.05) is 5.39 Å². The van der Waals surface area contributed by atoms with E-state index in [0.29, 0.717) is 10.9 Å². The number of rotatable bonds is 1. The fourth-order valence-corrected chi connectivity index (χ4v) is 2.03. The van der Waals surface area contributed by atoms with E-state index >= 15 is 0 Å². The van der Waals surface area contributed by atoms with Gasteiger partial charge < -0.3 is 14.8 Å². The van der Waals surface area contributed by atoms with Gasteiger partial charge in [0.05, 0.1) is 12.6 Å². The van der Waals surface area contributed by atoms with Crippen LogP contribution in [0.1, 0.15) is 21.5 Å². The van der Waals surface area contributed by atoms with Crippen molar-refractivity contribution in [3.05, 3.63) is 39.2 Å². The van der Waals surface area contributed by atoms with E-state index in [0.717, 1.165) is 18.2 Å².